The van der Waals surface area contributed by atoms with Crippen LogP contribution in [0.2, 0.25) is 0 Å². The molecule has 0 radical (unpaired) electrons. The summed E-state index contributed by atoms with van der Waals surface area (Å²) in [5, 5.41) is 4.07. The van der Waals surface area contributed by atoms with Gasteiger partial charge in [-0.25, -0.2) is 8.42 Å². The van der Waals surface area contributed by atoms with Crippen LogP contribution in [0, 0.1) is 0 Å². The molecule has 1 amide bonds. The highest BCUT2D eigenvalue weighted by atomic mass is 32.2. The number of nitrogens with zero attached hydrogens (tertiary/aromatic N) is 3. The average Bonchev–Trinajstić information content (AvgIpc) is 3.27. The molecule has 5 rings (SSSR count). The van der Waals surface area contributed by atoms with Crippen molar-refractivity contribution in [3.8, 4) is 0 Å². The Balaban J connectivity index is 1.14. The third kappa shape index (κ3) is 4.78. The van der Waals surface area contributed by atoms with Gasteiger partial charge in [-0.3, -0.25) is 14.7 Å². The normalized spacial score (nSPS) is 28.9. The molecule has 7 nitrogen and oxygen atoms in total. The number of hydrogen-bond acceptors (Lipinski definition) is 7. The van der Waals surface area contributed by atoms with Crippen LogP contribution in [0.15, 0.2) is 29.3 Å². The number of amides is 1. The van der Waals surface area contributed by atoms with Crippen LogP contribution in [0.1, 0.15) is 42.5 Å². The second kappa shape index (κ2) is 8.75. The molecule has 1 aliphatic carbocycles. The zero-order valence-corrected chi connectivity index (χ0v) is 19.3. The number of nitrogens with one attached hydrogen (secondary N) is 1. The Labute approximate surface area is 188 Å². The van der Waals surface area contributed by atoms with Gasteiger partial charge in [-0.1, -0.05) is 31.0 Å². The first-order chi connectivity index (χ1) is 15.0. The number of piperazine rings is 1. The molecular formula is C22H30N4O3S2. The standard InChI is InChI=1S/C22H30N4O3S2/c27-21(26-12-10-25(11-13-26)18-4-2-1-3-5-18)16-6-8-17(9-7-16)23-22-24-19-14-31(28,29)15-20(19)30-22/h6-9,18-20H,1-5,10-15H2,(H,23,24)/t19-,20+/m0/s1. The van der Waals surface area contributed by atoms with Gasteiger partial charge in [0, 0.05) is 48.7 Å². The Morgan fingerprint density at radius 3 is 2.39 bits per heavy atom. The predicted octanol–water partition coefficient (Wildman–Crippen LogP) is 2.46. The fraction of sp³-hybridized carbons (Fsp3) is 0.636. The van der Waals surface area contributed by atoms with Gasteiger partial charge in [0.15, 0.2) is 15.0 Å². The molecule has 9 heteroatoms. The summed E-state index contributed by atoms with van der Waals surface area (Å²) >= 11 is 1.50. The Morgan fingerprint density at radius 2 is 1.71 bits per heavy atom. The van der Waals surface area contributed by atoms with Gasteiger partial charge in [-0.15, -0.1) is 0 Å². The number of fused-ring (bicyclic) bond motifs is 1. The highest BCUT2D eigenvalue weighted by Crippen LogP contribution is 2.34. The first-order valence-corrected chi connectivity index (χ1v) is 14.0. The molecule has 3 fully saturated rings. The Bertz CT molecular complexity index is 949. The van der Waals surface area contributed by atoms with Crippen LogP contribution in [0.3, 0.4) is 0 Å². The van der Waals surface area contributed by atoms with Gasteiger partial charge in [0.2, 0.25) is 0 Å². The number of hydrogen-bond donors (Lipinski definition) is 1. The summed E-state index contributed by atoms with van der Waals surface area (Å²) < 4.78 is 23.4. The van der Waals surface area contributed by atoms with Crippen LogP contribution in [0.5, 0.6) is 0 Å². The minimum atomic E-state index is -2.94. The number of thioether (sulfide) groups is 1. The fourth-order valence-corrected chi connectivity index (χ4v) is 8.83. The second-order valence-electron chi connectivity index (χ2n) is 9.06. The number of sulfone groups is 1. The van der Waals surface area contributed by atoms with Gasteiger partial charge in [0.05, 0.1) is 17.5 Å². The molecule has 0 unspecified atom stereocenters. The van der Waals surface area contributed by atoms with E-state index in [1.807, 2.05) is 29.2 Å². The second-order valence-corrected chi connectivity index (χ2v) is 12.4. The molecule has 1 aromatic rings. The number of benzene rings is 1. The summed E-state index contributed by atoms with van der Waals surface area (Å²) in [6, 6.07) is 8.12. The number of rotatable bonds is 3. The summed E-state index contributed by atoms with van der Waals surface area (Å²) in [6.07, 6.45) is 6.67. The molecule has 1 aromatic carbocycles. The van der Waals surface area contributed by atoms with Gasteiger partial charge in [0.25, 0.3) is 5.91 Å². The molecule has 3 aliphatic heterocycles. The molecule has 0 bridgehead atoms. The molecule has 1 N–H and O–H groups in total. The first kappa shape index (κ1) is 21.3. The van der Waals surface area contributed by atoms with Crippen molar-refractivity contribution in [3.63, 3.8) is 0 Å². The van der Waals surface area contributed by atoms with E-state index in [-0.39, 0.29) is 28.7 Å². The van der Waals surface area contributed by atoms with E-state index in [1.54, 1.807) is 0 Å². The van der Waals surface area contributed by atoms with Crippen molar-refractivity contribution in [2.75, 3.05) is 43.0 Å². The Hall–Kier alpha value is -1.58. The molecule has 0 aromatic heterocycles. The number of anilines is 1. The lowest BCUT2D eigenvalue weighted by molar-refractivity contribution is 0.0523. The van der Waals surface area contributed by atoms with Crippen LogP contribution < -0.4 is 5.32 Å². The van der Waals surface area contributed by atoms with Crippen molar-refractivity contribution >= 4 is 38.4 Å². The van der Waals surface area contributed by atoms with Crippen molar-refractivity contribution in [2.45, 2.75) is 49.4 Å². The number of carbonyl (C=O) groups is 1. The van der Waals surface area contributed by atoms with Crippen molar-refractivity contribution in [3.05, 3.63) is 29.8 Å². The molecule has 31 heavy (non-hydrogen) atoms. The summed E-state index contributed by atoms with van der Waals surface area (Å²) in [7, 11) is -2.94. The molecule has 168 valence electrons. The Morgan fingerprint density at radius 1 is 1.00 bits per heavy atom. The monoisotopic (exact) mass is 462 g/mol. The van der Waals surface area contributed by atoms with Crippen LogP contribution in [0.25, 0.3) is 0 Å². The Kier molecular flexibility index (Phi) is 6.00. The molecule has 4 aliphatic rings. The van der Waals surface area contributed by atoms with E-state index in [1.165, 1.54) is 43.9 Å². The summed E-state index contributed by atoms with van der Waals surface area (Å²) in [6.45, 7) is 3.55. The molecular weight excluding hydrogens is 432 g/mol. The van der Waals surface area contributed by atoms with Gasteiger partial charge in [-0.2, -0.15) is 0 Å². The largest absolute Gasteiger partial charge is 0.336 e. The van der Waals surface area contributed by atoms with E-state index >= 15 is 0 Å². The van der Waals surface area contributed by atoms with Crippen molar-refractivity contribution in [1.82, 2.24) is 9.80 Å². The van der Waals surface area contributed by atoms with Crippen LogP contribution >= 0.6 is 11.8 Å². The van der Waals surface area contributed by atoms with Crippen LogP contribution in [-0.2, 0) is 9.84 Å². The molecule has 1 saturated carbocycles. The minimum Gasteiger partial charge on any atom is -0.336 e. The minimum absolute atomic E-state index is 0.0284. The van der Waals surface area contributed by atoms with E-state index in [9.17, 15) is 13.2 Å². The number of amidine groups is 1. The van der Waals surface area contributed by atoms with Gasteiger partial charge in [-0.05, 0) is 37.1 Å². The highest BCUT2D eigenvalue weighted by molar-refractivity contribution is 8.15. The maximum absolute atomic E-state index is 12.9. The van der Waals surface area contributed by atoms with Crippen LogP contribution in [-0.4, -0.2) is 84.3 Å². The van der Waals surface area contributed by atoms with E-state index < -0.39 is 9.84 Å². The van der Waals surface area contributed by atoms with E-state index in [0.717, 1.165) is 37.0 Å². The number of aliphatic imine (C=N–C) groups is 1. The van der Waals surface area contributed by atoms with E-state index in [2.05, 4.69) is 15.2 Å². The van der Waals surface area contributed by atoms with Crippen molar-refractivity contribution in [1.29, 1.82) is 0 Å². The average molecular weight is 463 g/mol. The lowest BCUT2D eigenvalue weighted by atomic mass is 9.94. The van der Waals surface area contributed by atoms with Crippen molar-refractivity contribution < 1.29 is 13.2 Å². The highest BCUT2D eigenvalue weighted by Gasteiger charge is 2.42. The molecule has 3 heterocycles. The predicted molar refractivity (Wildman–Crippen MR) is 126 cm³/mol. The third-order valence-corrected chi connectivity index (χ3v) is 10.0. The smallest absolute Gasteiger partial charge is 0.253 e. The lowest BCUT2D eigenvalue weighted by Crippen LogP contribution is -2.52. The maximum Gasteiger partial charge on any atom is 0.253 e. The van der Waals surface area contributed by atoms with E-state index in [0.29, 0.717) is 11.6 Å². The summed E-state index contributed by atoms with van der Waals surface area (Å²) in [4.78, 5) is 22.0. The van der Waals surface area contributed by atoms with E-state index in [4.69, 9.17) is 0 Å². The number of carbonyl (C=O) groups excluding carboxylic acids is 1. The molecule has 2 saturated heterocycles. The fourth-order valence-electron chi connectivity index (χ4n) is 5.15. The molecule has 0 spiro atoms. The lowest BCUT2D eigenvalue weighted by Gasteiger charge is -2.40. The van der Waals surface area contributed by atoms with Crippen molar-refractivity contribution in [2.24, 2.45) is 4.99 Å². The van der Waals surface area contributed by atoms with Crippen LogP contribution in [0.4, 0.5) is 5.69 Å². The van der Waals surface area contributed by atoms with Gasteiger partial charge >= 0.3 is 0 Å². The van der Waals surface area contributed by atoms with Gasteiger partial charge < -0.3 is 10.2 Å². The molecule has 2 atom stereocenters. The summed E-state index contributed by atoms with van der Waals surface area (Å²) in [5.74, 6) is 0.456. The zero-order valence-electron chi connectivity index (χ0n) is 17.7. The third-order valence-electron chi connectivity index (χ3n) is 6.89. The SMILES string of the molecule is O=C(c1ccc(NC2=N[C@H]3CS(=O)(=O)C[C@H]3S2)cc1)N1CCN(C2CCCCC2)CC1. The first-order valence-electron chi connectivity index (χ1n) is 11.3. The maximum atomic E-state index is 12.9. The van der Waals surface area contributed by atoms with Gasteiger partial charge in [0.1, 0.15) is 0 Å². The summed E-state index contributed by atoms with van der Waals surface area (Å²) in [5.41, 5.74) is 1.58. The topological polar surface area (TPSA) is 82.1 Å². The zero-order chi connectivity index (χ0) is 21.4. The quantitative estimate of drug-likeness (QED) is 0.743.